The standard InChI is InChI=1S/C21H21ClN4O4S/c22-19-7-6-17(31(28,29)25-10-12-30-13-11-25)14-18(19)21(27)23-15-16-4-1-2-5-20(16)26-9-3-8-24-26/h1-9,14H,10-13,15H2,(H,23,27). The second-order valence-corrected chi connectivity index (χ2v) is 9.27. The third-order valence-corrected chi connectivity index (χ3v) is 7.20. The van der Waals surface area contributed by atoms with E-state index in [1.54, 1.807) is 10.9 Å². The van der Waals surface area contributed by atoms with Gasteiger partial charge in [-0.25, -0.2) is 13.1 Å². The van der Waals surface area contributed by atoms with E-state index >= 15 is 0 Å². The Hall–Kier alpha value is -2.72. The van der Waals surface area contributed by atoms with Crippen molar-refractivity contribution in [2.24, 2.45) is 0 Å². The topological polar surface area (TPSA) is 93.5 Å². The molecule has 2 heterocycles. The minimum absolute atomic E-state index is 0.0286. The lowest BCUT2D eigenvalue weighted by atomic mass is 10.1. The summed E-state index contributed by atoms with van der Waals surface area (Å²) in [4.78, 5) is 12.9. The van der Waals surface area contributed by atoms with Crippen LogP contribution >= 0.6 is 11.6 Å². The Morgan fingerprint density at radius 3 is 2.65 bits per heavy atom. The molecule has 10 heteroatoms. The molecule has 1 aromatic heterocycles. The van der Waals surface area contributed by atoms with Crippen LogP contribution < -0.4 is 5.32 Å². The number of nitrogens with zero attached hydrogens (tertiary/aromatic N) is 3. The van der Waals surface area contributed by atoms with Crippen LogP contribution in [0.2, 0.25) is 5.02 Å². The van der Waals surface area contributed by atoms with Gasteiger partial charge in [0.1, 0.15) is 0 Å². The van der Waals surface area contributed by atoms with Gasteiger partial charge in [0.05, 0.1) is 34.4 Å². The van der Waals surface area contributed by atoms with Crippen molar-refractivity contribution in [3.63, 3.8) is 0 Å². The maximum Gasteiger partial charge on any atom is 0.253 e. The van der Waals surface area contributed by atoms with Crippen LogP contribution in [-0.4, -0.2) is 54.7 Å². The lowest BCUT2D eigenvalue weighted by molar-refractivity contribution is 0.0730. The van der Waals surface area contributed by atoms with Crippen LogP contribution in [0.15, 0.2) is 65.8 Å². The van der Waals surface area contributed by atoms with Gasteiger partial charge in [-0.3, -0.25) is 4.79 Å². The molecule has 1 fully saturated rings. The first-order valence-corrected chi connectivity index (χ1v) is 11.5. The maximum atomic E-state index is 12.9. The minimum atomic E-state index is -3.74. The summed E-state index contributed by atoms with van der Waals surface area (Å²) in [5, 5.41) is 7.24. The average Bonchev–Trinajstić information content (AvgIpc) is 3.33. The summed E-state index contributed by atoms with van der Waals surface area (Å²) >= 11 is 6.22. The molecule has 0 unspecified atom stereocenters. The molecule has 0 aliphatic carbocycles. The molecule has 0 atom stereocenters. The number of hydrogen-bond acceptors (Lipinski definition) is 5. The molecular formula is C21H21ClN4O4S. The predicted octanol–water partition coefficient (Wildman–Crippen LogP) is 2.48. The number of para-hydroxylation sites is 1. The first-order chi connectivity index (χ1) is 15.0. The first kappa shape index (κ1) is 21.5. The molecule has 8 nitrogen and oxygen atoms in total. The van der Waals surface area contributed by atoms with Crippen LogP contribution in [0.3, 0.4) is 0 Å². The van der Waals surface area contributed by atoms with Crippen molar-refractivity contribution in [3.8, 4) is 5.69 Å². The molecule has 0 bridgehead atoms. The minimum Gasteiger partial charge on any atom is -0.379 e. The second kappa shape index (κ2) is 9.19. The van der Waals surface area contributed by atoms with Crippen LogP contribution in [0.5, 0.6) is 0 Å². The summed E-state index contributed by atoms with van der Waals surface area (Å²) in [7, 11) is -3.74. The Morgan fingerprint density at radius 2 is 1.90 bits per heavy atom. The van der Waals surface area contributed by atoms with Crippen LogP contribution in [0.25, 0.3) is 5.69 Å². The highest BCUT2D eigenvalue weighted by atomic mass is 35.5. The van der Waals surface area contributed by atoms with Gasteiger partial charge in [0.25, 0.3) is 5.91 Å². The van der Waals surface area contributed by atoms with Gasteiger partial charge in [0, 0.05) is 32.0 Å². The van der Waals surface area contributed by atoms with Crippen LogP contribution in [0.4, 0.5) is 0 Å². The lowest BCUT2D eigenvalue weighted by Gasteiger charge is -2.26. The third-order valence-electron chi connectivity index (χ3n) is 4.97. The molecule has 1 aliphatic rings. The highest BCUT2D eigenvalue weighted by Crippen LogP contribution is 2.24. The Morgan fingerprint density at radius 1 is 1.13 bits per heavy atom. The Bertz CT molecular complexity index is 1180. The Labute approximate surface area is 185 Å². The summed E-state index contributed by atoms with van der Waals surface area (Å²) in [5.41, 5.74) is 1.79. The fraction of sp³-hybridized carbons (Fsp3) is 0.238. The van der Waals surface area contributed by atoms with Crippen LogP contribution in [0.1, 0.15) is 15.9 Å². The van der Waals surface area contributed by atoms with E-state index in [0.29, 0.717) is 13.2 Å². The van der Waals surface area contributed by atoms with Gasteiger partial charge in [-0.05, 0) is 35.9 Å². The summed E-state index contributed by atoms with van der Waals surface area (Å²) in [6.45, 7) is 1.46. The van der Waals surface area contributed by atoms with E-state index in [0.717, 1.165) is 11.3 Å². The largest absolute Gasteiger partial charge is 0.379 e. The zero-order valence-corrected chi connectivity index (χ0v) is 18.1. The SMILES string of the molecule is O=C(NCc1ccccc1-n1cccn1)c1cc(S(=O)(=O)N2CCOCC2)ccc1Cl. The number of benzene rings is 2. The number of carbonyl (C=O) groups is 1. The Kier molecular flexibility index (Phi) is 6.38. The number of hydrogen-bond donors (Lipinski definition) is 1. The lowest BCUT2D eigenvalue weighted by Crippen LogP contribution is -2.40. The molecule has 1 aliphatic heterocycles. The summed E-state index contributed by atoms with van der Waals surface area (Å²) in [6.07, 6.45) is 3.49. The number of carbonyl (C=O) groups excluding carboxylic acids is 1. The monoisotopic (exact) mass is 460 g/mol. The quantitative estimate of drug-likeness (QED) is 0.610. The van der Waals surface area contributed by atoms with E-state index in [9.17, 15) is 13.2 Å². The van der Waals surface area contributed by atoms with Crippen LogP contribution in [-0.2, 0) is 21.3 Å². The van der Waals surface area contributed by atoms with Crippen molar-refractivity contribution in [2.75, 3.05) is 26.3 Å². The van der Waals surface area contributed by atoms with Crippen molar-refractivity contribution in [3.05, 3.63) is 77.1 Å². The van der Waals surface area contributed by atoms with Crippen molar-refractivity contribution < 1.29 is 17.9 Å². The number of halogens is 1. The summed E-state index contributed by atoms with van der Waals surface area (Å²) < 4.78 is 34.1. The molecule has 2 aromatic carbocycles. The molecule has 0 saturated carbocycles. The van der Waals surface area contributed by atoms with E-state index in [1.807, 2.05) is 36.5 Å². The molecule has 1 N–H and O–H groups in total. The number of aromatic nitrogens is 2. The van der Waals surface area contributed by atoms with Gasteiger partial charge in [0.2, 0.25) is 10.0 Å². The van der Waals surface area contributed by atoms with Gasteiger partial charge >= 0.3 is 0 Å². The fourth-order valence-electron chi connectivity index (χ4n) is 3.34. The van der Waals surface area contributed by atoms with E-state index < -0.39 is 15.9 Å². The predicted molar refractivity (Wildman–Crippen MR) is 116 cm³/mol. The summed E-state index contributed by atoms with van der Waals surface area (Å²) in [6, 6.07) is 13.5. The fourth-order valence-corrected chi connectivity index (χ4v) is 4.98. The highest BCUT2D eigenvalue weighted by Gasteiger charge is 2.27. The van der Waals surface area contributed by atoms with E-state index in [-0.39, 0.29) is 35.1 Å². The van der Waals surface area contributed by atoms with Gasteiger partial charge in [0.15, 0.2) is 0 Å². The van der Waals surface area contributed by atoms with Crippen molar-refractivity contribution >= 4 is 27.5 Å². The van der Waals surface area contributed by atoms with Gasteiger partial charge in [-0.15, -0.1) is 0 Å². The normalized spacial score (nSPS) is 15.0. The average molecular weight is 461 g/mol. The molecule has 162 valence electrons. The number of sulfonamides is 1. The highest BCUT2D eigenvalue weighted by molar-refractivity contribution is 7.89. The first-order valence-electron chi connectivity index (χ1n) is 9.70. The zero-order valence-electron chi connectivity index (χ0n) is 16.6. The molecule has 0 radical (unpaired) electrons. The molecule has 1 saturated heterocycles. The van der Waals surface area contributed by atoms with Crippen molar-refractivity contribution in [1.29, 1.82) is 0 Å². The molecule has 1 amide bonds. The third kappa shape index (κ3) is 4.64. The molecule has 31 heavy (non-hydrogen) atoms. The molecule has 4 rings (SSSR count). The molecule has 0 spiro atoms. The number of amides is 1. The summed E-state index contributed by atoms with van der Waals surface area (Å²) in [5.74, 6) is -0.459. The van der Waals surface area contributed by atoms with Crippen LogP contribution in [0, 0.1) is 0 Å². The number of morpholine rings is 1. The smallest absolute Gasteiger partial charge is 0.253 e. The zero-order chi connectivity index (χ0) is 21.8. The number of rotatable bonds is 6. The van der Waals surface area contributed by atoms with E-state index in [4.69, 9.17) is 16.3 Å². The van der Waals surface area contributed by atoms with Gasteiger partial charge in [-0.1, -0.05) is 29.8 Å². The second-order valence-electron chi connectivity index (χ2n) is 6.92. The van der Waals surface area contributed by atoms with E-state index in [2.05, 4.69) is 10.4 Å². The molecule has 3 aromatic rings. The van der Waals surface area contributed by atoms with Gasteiger partial charge in [-0.2, -0.15) is 9.40 Å². The molecular weight excluding hydrogens is 440 g/mol. The maximum absolute atomic E-state index is 12.9. The van der Waals surface area contributed by atoms with Gasteiger partial charge < -0.3 is 10.1 Å². The van der Waals surface area contributed by atoms with Crippen molar-refractivity contribution in [1.82, 2.24) is 19.4 Å². The van der Waals surface area contributed by atoms with E-state index in [1.165, 1.54) is 22.5 Å². The Balaban J connectivity index is 1.54. The number of nitrogens with one attached hydrogen (secondary N) is 1. The number of ether oxygens (including phenoxy) is 1. The van der Waals surface area contributed by atoms with Crippen molar-refractivity contribution in [2.45, 2.75) is 11.4 Å².